The van der Waals surface area contributed by atoms with Crippen LogP contribution in [0.4, 0.5) is 0 Å². The van der Waals surface area contributed by atoms with Gasteiger partial charge in [-0.3, -0.25) is 43.2 Å². The third kappa shape index (κ3) is 13.0. The van der Waals surface area contributed by atoms with Crippen molar-refractivity contribution in [2.45, 2.75) is 43.5 Å². The average Bonchev–Trinajstić information content (AvgIpc) is 3.85. The van der Waals surface area contributed by atoms with Crippen LogP contribution in [0.3, 0.4) is 0 Å². The van der Waals surface area contributed by atoms with Crippen molar-refractivity contribution >= 4 is 60.5 Å². The number of aromatic nitrogens is 2. The molecule has 4 amide bonds. The number of aromatic hydroxyl groups is 1. The fourth-order valence-corrected chi connectivity index (χ4v) is 9.85. The fraction of sp³-hybridized carbons (Fsp3) is 0.391. The molecule has 3 aliphatic heterocycles. The molecule has 2 aromatic carbocycles. The van der Waals surface area contributed by atoms with Crippen LogP contribution in [0.1, 0.15) is 45.3 Å². The maximum absolute atomic E-state index is 13.2. The molecule has 0 spiro atoms. The summed E-state index contributed by atoms with van der Waals surface area (Å²) in [4.78, 5) is 114. The zero-order chi connectivity index (χ0) is 51.7. The number of aromatic amines is 1. The molecule has 26 heteroatoms. The summed E-state index contributed by atoms with van der Waals surface area (Å²) in [5.41, 5.74) is -0.0730. The van der Waals surface area contributed by atoms with Crippen LogP contribution in [0, 0.1) is 6.92 Å². The number of nitrogens with one attached hydrogen (secondary N) is 3. The third-order valence-corrected chi connectivity index (χ3v) is 14.0. The Morgan fingerprint density at radius 2 is 1.67 bits per heavy atom. The minimum absolute atomic E-state index is 0.00375. The second-order valence-corrected chi connectivity index (χ2v) is 19.4. The molecule has 3 aromatic rings. The number of fused-ring (bicyclic) bond motifs is 2. The van der Waals surface area contributed by atoms with Crippen molar-refractivity contribution in [1.29, 1.82) is 0 Å². The van der Waals surface area contributed by atoms with Gasteiger partial charge in [0, 0.05) is 77.7 Å². The Kier molecular flexibility index (Phi) is 17.7. The molecule has 2 fully saturated rings. The standard InChI is InChI=1S/C46H50N5O19PS/c1-25-22-51(46(62)49-42(25)57)40-20-33(54)36(70-40)24-68-71(63,64-2)67-15-16-72-37-21-39(56)50(44(37)59)23-38(55)47-9-11-65-13-14-66-12-10-48-43(58)26-3-6-29(45(60)61)32(17-26)41-30-7-4-27(52)18-34(30)69-35-19-28(53)5-8-31(35)41/h3-8,17-19,22,33,36-37,40,54,63H,9-16,20-21,23-24H2,1-2H3,(H4-,47,48,49,52,53,55,57,58,60,61,62)/p+1. The summed E-state index contributed by atoms with van der Waals surface area (Å²) in [6, 6.07) is 12.5. The van der Waals surface area contributed by atoms with Gasteiger partial charge in [-0.15, -0.1) is 11.8 Å². The molecule has 1 aromatic heterocycles. The van der Waals surface area contributed by atoms with Crippen molar-refractivity contribution in [3.05, 3.63) is 109 Å². The Bertz CT molecular complexity index is 2980. The molecule has 1 aliphatic carbocycles. The first kappa shape index (κ1) is 53.4. The number of carbonyl (C=O) groups is 5. The van der Waals surface area contributed by atoms with Gasteiger partial charge in [-0.2, -0.15) is 18.5 Å². The lowest BCUT2D eigenvalue weighted by Crippen LogP contribution is -2.41. The number of aryl methyl sites for hydroxylation is 1. The van der Waals surface area contributed by atoms with Gasteiger partial charge in [0.25, 0.3) is 11.5 Å². The van der Waals surface area contributed by atoms with E-state index in [4.69, 9.17) is 32.2 Å². The van der Waals surface area contributed by atoms with Gasteiger partial charge in [0.15, 0.2) is 5.43 Å². The molecule has 0 saturated carbocycles. The predicted octanol–water partition coefficient (Wildman–Crippen LogP) is 1.57. The number of ether oxygens (including phenoxy) is 3. The third-order valence-electron chi connectivity index (χ3n) is 11.4. The Morgan fingerprint density at radius 1 is 0.917 bits per heavy atom. The number of H-pyrrole nitrogens is 1. The van der Waals surface area contributed by atoms with E-state index in [1.165, 1.54) is 61.7 Å². The predicted molar refractivity (Wildman–Crippen MR) is 256 cm³/mol. The van der Waals surface area contributed by atoms with Crippen LogP contribution in [0.25, 0.3) is 33.4 Å². The number of phenolic OH excluding ortho intramolecular Hbond substituents is 1. The second kappa shape index (κ2) is 23.9. The molecule has 72 heavy (non-hydrogen) atoms. The second-order valence-electron chi connectivity index (χ2n) is 16.3. The first-order chi connectivity index (χ1) is 34.4. The number of aliphatic hydroxyl groups excluding tert-OH is 1. The number of nitrogens with zero attached hydrogens (tertiary/aromatic N) is 2. The minimum Gasteiger partial charge on any atom is -0.508 e. The van der Waals surface area contributed by atoms with E-state index in [0.29, 0.717) is 16.5 Å². The van der Waals surface area contributed by atoms with E-state index in [1.807, 2.05) is 0 Å². The molecular weight excluding hydrogens is 990 g/mol. The number of hydrogen-bond donors (Lipinski definition) is 7. The highest BCUT2D eigenvalue weighted by molar-refractivity contribution is 8.00. The lowest BCUT2D eigenvalue weighted by Gasteiger charge is -2.18. The van der Waals surface area contributed by atoms with E-state index in [9.17, 15) is 58.6 Å². The number of carboxylic acids is 1. The van der Waals surface area contributed by atoms with Crippen LogP contribution in [-0.4, -0.2) is 154 Å². The largest absolute Gasteiger partial charge is 0.572 e. The van der Waals surface area contributed by atoms with Gasteiger partial charge in [-0.1, -0.05) is 0 Å². The van der Waals surface area contributed by atoms with Crippen LogP contribution in [0.2, 0.25) is 0 Å². The number of amides is 4. The van der Waals surface area contributed by atoms with Crippen molar-refractivity contribution in [2.24, 2.45) is 0 Å². The van der Waals surface area contributed by atoms with Gasteiger partial charge in [-0.05, 0) is 55.0 Å². The Morgan fingerprint density at radius 3 is 2.40 bits per heavy atom. The number of likely N-dealkylation sites (tertiary alicyclic amines) is 1. The fourth-order valence-electron chi connectivity index (χ4n) is 7.79. The maximum atomic E-state index is 13.2. The number of phenols is 1. The van der Waals surface area contributed by atoms with E-state index < -0.39 is 79.2 Å². The summed E-state index contributed by atoms with van der Waals surface area (Å²) in [6.45, 7) is 1.14. The van der Waals surface area contributed by atoms with Crippen molar-refractivity contribution in [1.82, 2.24) is 25.1 Å². The average molecular weight is 1040 g/mol. The van der Waals surface area contributed by atoms with E-state index in [-0.39, 0.29) is 116 Å². The molecule has 5 atom stereocenters. The zero-order valence-electron chi connectivity index (χ0n) is 38.7. The van der Waals surface area contributed by atoms with Crippen LogP contribution in [0.5, 0.6) is 5.75 Å². The van der Waals surface area contributed by atoms with Crippen LogP contribution in [-0.2, 0) is 42.2 Å². The summed E-state index contributed by atoms with van der Waals surface area (Å²) >= 11 is 1.08. The summed E-state index contributed by atoms with van der Waals surface area (Å²) in [7, 11) is -2.77. The minimum atomic E-state index is -3.92. The highest BCUT2D eigenvalue weighted by atomic mass is 32.2. The molecule has 24 nitrogen and oxygen atoms in total. The summed E-state index contributed by atoms with van der Waals surface area (Å²) in [6.07, 6.45) is -1.81. The molecule has 384 valence electrons. The monoisotopic (exact) mass is 1040 g/mol. The molecule has 7 rings (SSSR count). The zero-order valence-corrected chi connectivity index (χ0v) is 40.4. The van der Waals surface area contributed by atoms with Gasteiger partial charge >= 0.3 is 19.8 Å². The van der Waals surface area contributed by atoms with Gasteiger partial charge in [0.1, 0.15) is 49.2 Å². The Balaban J connectivity index is 0.766. The van der Waals surface area contributed by atoms with E-state index in [2.05, 4.69) is 15.6 Å². The highest BCUT2D eigenvalue weighted by Gasteiger charge is 2.47. The van der Waals surface area contributed by atoms with Gasteiger partial charge in [-0.25, -0.2) is 9.59 Å². The van der Waals surface area contributed by atoms with Crippen LogP contribution < -0.4 is 27.3 Å². The van der Waals surface area contributed by atoms with E-state index in [1.54, 1.807) is 6.07 Å². The summed E-state index contributed by atoms with van der Waals surface area (Å²) < 4.78 is 39.7. The van der Waals surface area contributed by atoms with Gasteiger partial charge in [0.05, 0.1) is 50.5 Å². The number of imide groups is 1. The number of carboxylic acid groups (broad SMARTS) is 1. The molecule has 4 heterocycles. The lowest BCUT2D eigenvalue weighted by atomic mass is 9.89. The molecule has 5 unspecified atom stereocenters. The number of thioether (sulfide) groups is 1. The highest BCUT2D eigenvalue weighted by Crippen LogP contribution is 2.57. The van der Waals surface area contributed by atoms with Crippen LogP contribution >= 0.6 is 19.9 Å². The van der Waals surface area contributed by atoms with Crippen molar-refractivity contribution < 1.29 is 76.4 Å². The van der Waals surface area contributed by atoms with Crippen molar-refractivity contribution in [2.75, 3.05) is 72.1 Å². The Hall–Kier alpha value is -6.38. The molecule has 0 radical (unpaired) electrons. The molecule has 4 aliphatic rings. The van der Waals surface area contributed by atoms with Crippen molar-refractivity contribution in [3.63, 3.8) is 0 Å². The SMILES string of the molecule is CO[P+](O)(OCCSC1CC(=O)N(CC(=O)NCCOCCOCCNC(=O)c2ccc(C(=O)O)c(-c3c4ccc(=O)cc-4oc4cc(O)ccc34)c2)C1=O)OCC1OC(n2cc(C)c(=O)[nH]c2=O)CC1O. The van der Waals surface area contributed by atoms with Gasteiger partial charge in [0.2, 0.25) is 17.7 Å². The van der Waals surface area contributed by atoms with E-state index >= 15 is 0 Å². The number of rotatable bonds is 24. The number of aromatic carboxylic acids is 1. The first-order valence-electron chi connectivity index (χ1n) is 22.3. The van der Waals surface area contributed by atoms with E-state index in [0.717, 1.165) is 28.3 Å². The number of benzene rings is 3. The van der Waals surface area contributed by atoms with Gasteiger partial charge < -0.3 is 44.6 Å². The number of hydrogen-bond acceptors (Lipinski definition) is 19. The molecule has 0 bridgehead atoms. The molecule has 7 N–H and O–H groups in total. The normalized spacial score (nSPS) is 18.8. The molecule has 2 saturated heterocycles. The lowest BCUT2D eigenvalue weighted by molar-refractivity contribution is -0.142. The first-order valence-corrected chi connectivity index (χ1v) is 24.9. The quantitative estimate of drug-likeness (QED) is 0.0200. The molecular formula is C46H51N5O19PS+. The Labute approximate surface area is 413 Å². The number of aliphatic hydroxyl groups is 1. The summed E-state index contributed by atoms with van der Waals surface area (Å²) in [5.74, 6) is -3.25. The smallest absolute Gasteiger partial charge is 0.508 e. The topological polar surface area (TPSA) is 334 Å². The number of carbonyl (C=O) groups excluding carboxylic acids is 4. The van der Waals surface area contributed by atoms with Crippen molar-refractivity contribution in [3.8, 4) is 28.2 Å². The summed E-state index contributed by atoms with van der Waals surface area (Å²) in [5, 5.41) is 35.6. The maximum Gasteiger partial charge on any atom is 0.572 e. The van der Waals surface area contributed by atoms with Crippen LogP contribution in [0.15, 0.2) is 79.6 Å².